The van der Waals surface area contributed by atoms with E-state index in [9.17, 15) is 4.79 Å². The first kappa shape index (κ1) is 15.9. The minimum atomic E-state index is -0.183. The van der Waals surface area contributed by atoms with Crippen LogP contribution in [0.2, 0.25) is 0 Å². The van der Waals surface area contributed by atoms with Crippen molar-refractivity contribution in [3.63, 3.8) is 0 Å². The molecule has 0 saturated heterocycles. The molecular formula is C18H17N3O3. The first-order valence-electron chi connectivity index (χ1n) is 7.45. The molecule has 1 amide bonds. The molecule has 3 aromatic rings. The minimum absolute atomic E-state index is 0.183. The summed E-state index contributed by atoms with van der Waals surface area (Å²) in [4.78, 5) is 16.5. The van der Waals surface area contributed by atoms with E-state index in [-0.39, 0.29) is 5.91 Å². The van der Waals surface area contributed by atoms with E-state index in [1.807, 2.05) is 24.3 Å². The van der Waals surface area contributed by atoms with E-state index < -0.39 is 0 Å². The third-order valence-corrected chi connectivity index (χ3v) is 3.42. The molecule has 0 saturated carbocycles. The highest BCUT2D eigenvalue weighted by atomic mass is 16.5. The minimum Gasteiger partial charge on any atom is -0.380 e. The zero-order valence-corrected chi connectivity index (χ0v) is 13.4. The fourth-order valence-corrected chi connectivity index (χ4v) is 2.29. The molecule has 122 valence electrons. The summed E-state index contributed by atoms with van der Waals surface area (Å²) in [6.45, 7) is 2.26. The van der Waals surface area contributed by atoms with Gasteiger partial charge in [-0.25, -0.2) is 0 Å². The van der Waals surface area contributed by atoms with Crippen LogP contribution in [0.3, 0.4) is 0 Å². The van der Waals surface area contributed by atoms with Crippen molar-refractivity contribution in [3.05, 3.63) is 65.5 Å². The molecule has 3 rings (SSSR count). The summed E-state index contributed by atoms with van der Waals surface area (Å²) in [6, 6.07) is 14.6. The highest BCUT2D eigenvalue weighted by Crippen LogP contribution is 2.18. The molecule has 0 aliphatic carbocycles. The second-order valence-electron chi connectivity index (χ2n) is 5.31. The van der Waals surface area contributed by atoms with Crippen LogP contribution in [0.25, 0.3) is 11.5 Å². The lowest BCUT2D eigenvalue weighted by molar-refractivity contribution is 0.102. The summed E-state index contributed by atoms with van der Waals surface area (Å²) >= 11 is 0. The molecule has 1 heterocycles. The molecule has 0 aliphatic heterocycles. The van der Waals surface area contributed by atoms with E-state index in [4.69, 9.17) is 9.26 Å². The average Bonchev–Trinajstić information content (AvgIpc) is 3.02. The monoisotopic (exact) mass is 323 g/mol. The van der Waals surface area contributed by atoms with Gasteiger partial charge in [-0.2, -0.15) is 4.98 Å². The van der Waals surface area contributed by atoms with Crippen molar-refractivity contribution in [2.75, 3.05) is 12.4 Å². The number of nitrogens with one attached hydrogen (secondary N) is 1. The molecule has 0 spiro atoms. The Balaban J connectivity index is 1.72. The highest BCUT2D eigenvalue weighted by molar-refractivity contribution is 6.04. The molecule has 0 atom stereocenters. The van der Waals surface area contributed by atoms with Gasteiger partial charge in [-0.3, -0.25) is 4.79 Å². The number of ether oxygens (including phenoxy) is 1. The van der Waals surface area contributed by atoms with Crippen molar-refractivity contribution < 1.29 is 14.1 Å². The predicted octanol–water partition coefficient (Wildman–Crippen LogP) is 3.44. The number of aryl methyl sites for hydroxylation is 1. The van der Waals surface area contributed by atoms with Gasteiger partial charge in [-0.15, -0.1) is 0 Å². The Morgan fingerprint density at radius 2 is 2.00 bits per heavy atom. The third-order valence-electron chi connectivity index (χ3n) is 3.42. The fourth-order valence-electron chi connectivity index (χ4n) is 2.29. The number of hydrogen-bond donors (Lipinski definition) is 1. The van der Waals surface area contributed by atoms with Gasteiger partial charge in [-0.05, 0) is 48.9 Å². The Hall–Kier alpha value is -2.99. The van der Waals surface area contributed by atoms with Gasteiger partial charge in [0.15, 0.2) is 5.82 Å². The van der Waals surface area contributed by atoms with Crippen LogP contribution in [-0.4, -0.2) is 23.2 Å². The van der Waals surface area contributed by atoms with Crippen molar-refractivity contribution in [3.8, 4) is 11.5 Å². The lowest BCUT2D eigenvalue weighted by Crippen LogP contribution is -2.11. The first-order valence-corrected chi connectivity index (χ1v) is 7.45. The van der Waals surface area contributed by atoms with Crippen LogP contribution < -0.4 is 5.32 Å². The number of methoxy groups -OCH3 is 1. The fraction of sp³-hybridized carbons (Fsp3) is 0.167. The Morgan fingerprint density at radius 1 is 1.21 bits per heavy atom. The molecule has 0 fully saturated rings. The molecule has 6 heteroatoms. The van der Waals surface area contributed by atoms with E-state index in [2.05, 4.69) is 15.5 Å². The van der Waals surface area contributed by atoms with Gasteiger partial charge >= 0.3 is 0 Å². The molecule has 0 unspecified atom stereocenters. The van der Waals surface area contributed by atoms with Gasteiger partial charge in [0.2, 0.25) is 0 Å². The van der Waals surface area contributed by atoms with Crippen LogP contribution in [0.1, 0.15) is 21.7 Å². The number of anilines is 1. The maximum absolute atomic E-state index is 12.3. The van der Waals surface area contributed by atoms with Crippen molar-refractivity contribution in [1.29, 1.82) is 0 Å². The van der Waals surface area contributed by atoms with Crippen LogP contribution in [0.4, 0.5) is 5.69 Å². The standard InChI is InChI=1S/C18H17N3O3/c1-12-19-18(24-21-12)15-8-6-14(7-9-15)17(22)20-16-5-3-4-13(10-16)11-23-2/h3-10H,11H2,1-2H3,(H,20,22). The van der Waals surface area contributed by atoms with Gasteiger partial charge in [0, 0.05) is 23.9 Å². The van der Waals surface area contributed by atoms with Crippen molar-refractivity contribution >= 4 is 11.6 Å². The molecule has 0 aliphatic rings. The van der Waals surface area contributed by atoms with Crippen molar-refractivity contribution in [1.82, 2.24) is 10.1 Å². The first-order chi connectivity index (χ1) is 11.7. The molecule has 6 nitrogen and oxygen atoms in total. The number of benzene rings is 2. The summed E-state index contributed by atoms with van der Waals surface area (Å²) in [5.41, 5.74) is 3.05. The van der Waals surface area contributed by atoms with Crippen LogP contribution in [0.5, 0.6) is 0 Å². The summed E-state index contributed by atoms with van der Waals surface area (Å²) in [6.07, 6.45) is 0. The number of nitrogens with zero attached hydrogens (tertiary/aromatic N) is 2. The normalized spacial score (nSPS) is 10.6. The Kier molecular flexibility index (Phi) is 4.67. The third kappa shape index (κ3) is 3.67. The number of carbonyl (C=O) groups excluding carboxylic acids is 1. The summed E-state index contributed by atoms with van der Waals surface area (Å²) in [5.74, 6) is 0.826. The summed E-state index contributed by atoms with van der Waals surface area (Å²) < 4.78 is 10.2. The maximum Gasteiger partial charge on any atom is 0.257 e. The zero-order valence-electron chi connectivity index (χ0n) is 13.4. The number of rotatable bonds is 5. The van der Waals surface area contributed by atoms with Gasteiger partial charge in [0.05, 0.1) is 6.61 Å². The number of amides is 1. The Bertz CT molecular complexity index is 841. The number of hydrogen-bond acceptors (Lipinski definition) is 5. The lowest BCUT2D eigenvalue weighted by Gasteiger charge is -2.07. The van der Waals surface area contributed by atoms with Gasteiger partial charge < -0.3 is 14.6 Å². The molecule has 1 N–H and O–H groups in total. The topological polar surface area (TPSA) is 77.2 Å². The molecule has 2 aromatic carbocycles. The average molecular weight is 323 g/mol. The van der Waals surface area contributed by atoms with E-state index >= 15 is 0 Å². The number of carbonyl (C=O) groups is 1. The molecule has 1 aromatic heterocycles. The van der Waals surface area contributed by atoms with Crippen molar-refractivity contribution in [2.45, 2.75) is 13.5 Å². The van der Waals surface area contributed by atoms with Gasteiger partial charge in [0.25, 0.3) is 11.8 Å². The molecule has 24 heavy (non-hydrogen) atoms. The summed E-state index contributed by atoms with van der Waals surface area (Å²) in [7, 11) is 1.64. The van der Waals surface area contributed by atoms with Crippen LogP contribution in [0.15, 0.2) is 53.1 Å². The zero-order chi connectivity index (χ0) is 16.9. The van der Waals surface area contributed by atoms with Crippen LogP contribution in [-0.2, 0) is 11.3 Å². The lowest BCUT2D eigenvalue weighted by atomic mass is 10.1. The number of aromatic nitrogens is 2. The molecule has 0 radical (unpaired) electrons. The van der Waals surface area contributed by atoms with Gasteiger partial charge in [-0.1, -0.05) is 17.3 Å². The summed E-state index contributed by atoms with van der Waals surface area (Å²) in [5, 5.41) is 6.63. The second-order valence-corrected chi connectivity index (χ2v) is 5.31. The van der Waals surface area contributed by atoms with Crippen LogP contribution >= 0.6 is 0 Å². The highest BCUT2D eigenvalue weighted by Gasteiger charge is 2.10. The predicted molar refractivity (Wildman–Crippen MR) is 89.6 cm³/mol. The van der Waals surface area contributed by atoms with E-state index in [0.717, 1.165) is 16.8 Å². The Morgan fingerprint density at radius 3 is 2.67 bits per heavy atom. The molecule has 0 bridgehead atoms. The van der Waals surface area contributed by atoms with Crippen molar-refractivity contribution in [2.24, 2.45) is 0 Å². The quantitative estimate of drug-likeness (QED) is 0.778. The van der Waals surface area contributed by atoms with E-state index in [1.165, 1.54) is 0 Å². The second kappa shape index (κ2) is 7.06. The van der Waals surface area contributed by atoms with Gasteiger partial charge in [0.1, 0.15) is 0 Å². The van der Waals surface area contributed by atoms with Crippen LogP contribution in [0, 0.1) is 6.92 Å². The van der Waals surface area contributed by atoms with E-state index in [0.29, 0.717) is 23.9 Å². The Labute approximate surface area is 139 Å². The smallest absolute Gasteiger partial charge is 0.257 e. The SMILES string of the molecule is COCc1cccc(NC(=O)c2ccc(-c3nc(C)no3)cc2)c1. The largest absolute Gasteiger partial charge is 0.380 e. The molecular weight excluding hydrogens is 306 g/mol. The maximum atomic E-state index is 12.3. The van der Waals surface area contributed by atoms with E-state index in [1.54, 1.807) is 38.3 Å².